The first kappa shape index (κ1) is 15.9. The Balaban J connectivity index is 1.43. The van der Waals surface area contributed by atoms with Crippen LogP contribution >= 0.6 is 11.3 Å². The SMILES string of the molecule is CCN1CN(CC(=O)NCCc2nc3ccccc3s2)CC1=O. The Bertz CT molecular complexity index is 682. The number of thiazole rings is 1. The molecule has 7 heteroatoms. The number of carbonyl (C=O) groups excluding carboxylic acids is 2. The monoisotopic (exact) mass is 332 g/mol. The van der Waals surface area contributed by atoms with Crippen molar-refractivity contribution in [3.63, 3.8) is 0 Å². The van der Waals surface area contributed by atoms with E-state index in [2.05, 4.69) is 16.4 Å². The number of fused-ring (bicyclic) bond motifs is 1. The molecule has 6 nitrogen and oxygen atoms in total. The molecular formula is C16H20N4O2S. The fourth-order valence-corrected chi connectivity index (χ4v) is 3.61. The Labute approximate surface area is 139 Å². The van der Waals surface area contributed by atoms with E-state index in [1.165, 1.54) is 4.70 Å². The zero-order valence-electron chi connectivity index (χ0n) is 13.1. The second-order valence-corrected chi connectivity index (χ2v) is 6.67. The molecule has 0 unspecified atom stereocenters. The van der Waals surface area contributed by atoms with E-state index in [-0.39, 0.29) is 18.4 Å². The van der Waals surface area contributed by atoms with Gasteiger partial charge in [-0.2, -0.15) is 0 Å². The molecule has 0 saturated carbocycles. The molecule has 1 aromatic heterocycles. The van der Waals surface area contributed by atoms with E-state index in [0.29, 0.717) is 26.3 Å². The van der Waals surface area contributed by atoms with E-state index in [4.69, 9.17) is 0 Å². The summed E-state index contributed by atoms with van der Waals surface area (Å²) in [4.78, 5) is 31.7. The number of nitrogens with one attached hydrogen (secondary N) is 1. The number of para-hydroxylation sites is 1. The first-order valence-electron chi connectivity index (χ1n) is 7.77. The van der Waals surface area contributed by atoms with Crippen LogP contribution in [-0.2, 0) is 16.0 Å². The molecular weight excluding hydrogens is 312 g/mol. The molecule has 2 heterocycles. The fraction of sp³-hybridized carbons (Fsp3) is 0.438. The number of amides is 2. The van der Waals surface area contributed by atoms with E-state index in [1.807, 2.05) is 30.0 Å². The van der Waals surface area contributed by atoms with Crippen LogP contribution in [0.25, 0.3) is 10.2 Å². The number of aromatic nitrogens is 1. The van der Waals surface area contributed by atoms with Crippen molar-refractivity contribution in [1.82, 2.24) is 20.1 Å². The average molecular weight is 332 g/mol. The number of benzene rings is 1. The Morgan fingerprint density at radius 1 is 1.39 bits per heavy atom. The highest BCUT2D eigenvalue weighted by Gasteiger charge is 2.27. The lowest BCUT2D eigenvalue weighted by molar-refractivity contribution is -0.126. The van der Waals surface area contributed by atoms with Gasteiger partial charge in [0.2, 0.25) is 11.8 Å². The Morgan fingerprint density at radius 2 is 2.22 bits per heavy atom. The van der Waals surface area contributed by atoms with Crippen LogP contribution in [0.3, 0.4) is 0 Å². The van der Waals surface area contributed by atoms with E-state index in [0.717, 1.165) is 16.9 Å². The van der Waals surface area contributed by atoms with Gasteiger partial charge in [-0.1, -0.05) is 12.1 Å². The molecule has 0 bridgehead atoms. The molecule has 1 aromatic carbocycles. The maximum atomic E-state index is 12.0. The van der Waals surface area contributed by atoms with Crippen molar-refractivity contribution >= 4 is 33.4 Å². The third kappa shape index (κ3) is 3.86. The molecule has 2 aromatic rings. The smallest absolute Gasteiger partial charge is 0.237 e. The quantitative estimate of drug-likeness (QED) is 0.860. The summed E-state index contributed by atoms with van der Waals surface area (Å²) in [6.07, 6.45) is 0.727. The molecule has 0 spiro atoms. The molecule has 1 aliphatic heterocycles. The lowest BCUT2D eigenvalue weighted by Crippen LogP contribution is -2.37. The summed E-state index contributed by atoms with van der Waals surface area (Å²) in [6, 6.07) is 8.03. The molecule has 1 aliphatic rings. The summed E-state index contributed by atoms with van der Waals surface area (Å²) in [6.45, 7) is 4.34. The van der Waals surface area contributed by atoms with Gasteiger partial charge in [0.05, 0.1) is 35.0 Å². The van der Waals surface area contributed by atoms with Crippen molar-refractivity contribution in [2.24, 2.45) is 0 Å². The fourth-order valence-electron chi connectivity index (χ4n) is 2.64. The zero-order chi connectivity index (χ0) is 16.2. The van der Waals surface area contributed by atoms with Crippen LogP contribution in [0, 0.1) is 0 Å². The van der Waals surface area contributed by atoms with Crippen LogP contribution in [-0.4, -0.2) is 59.4 Å². The van der Waals surface area contributed by atoms with Crippen molar-refractivity contribution in [3.8, 4) is 0 Å². The highest BCUT2D eigenvalue weighted by atomic mass is 32.1. The van der Waals surface area contributed by atoms with E-state index in [1.54, 1.807) is 16.2 Å². The molecule has 1 N–H and O–H groups in total. The van der Waals surface area contributed by atoms with Gasteiger partial charge in [-0.3, -0.25) is 14.5 Å². The maximum Gasteiger partial charge on any atom is 0.237 e. The van der Waals surface area contributed by atoms with Gasteiger partial charge in [0.15, 0.2) is 0 Å². The van der Waals surface area contributed by atoms with Crippen LogP contribution in [0.4, 0.5) is 0 Å². The Morgan fingerprint density at radius 3 is 2.96 bits per heavy atom. The molecule has 1 saturated heterocycles. The number of hydrogen-bond acceptors (Lipinski definition) is 5. The van der Waals surface area contributed by atoms with E-state index < -0.39 is 0 Å². The average Bonchev–Trinajstić information content (AvgIpc) is 3.09. The first-order chi connectivity index (χ1) is 11.2. The molecule has 23 heavy (non-hydrogen) atoms. The van der Waals surface area contributed by atoms with Crippen molar-refractivity contribution in [1.29, 1.82) is 0 Å². The van der Waals surface area contributed by atoms with Crippen LogP contribution in [0.2, 0.25) is 0 Å². The number of likely N-dealkylation sites (N-methyl/N-ethyl adjacent to an activating group) is 1. The largest absolute Gasteiger partial charge is 0.355 e. The number of nitrogens with zero attached hydrogens (tertiary/aromatic N) is 3. The summed E-state index contributed by atoms with van der Waals surface area (Å²) in [5, 5.41) is 3.93. The molecule has 1 fully saturated rings. The Hall–Kier alpha value is -1.99. The number of hydrogen-bond donors (Lipinski definition) is 1. The van der Waals surface area contributed by atoms with Crippen molar-refractivity contribution < 1.29 is 9.59 Å². The van der Waals surface area contributed by atoms with Crippen LogP contribution in [0.1, 0.15) is 11.9 Å². The van der Waals surface area contributed by atoms with Crippen molar-refractivity contribution in [2.45, 2.75) is 13.3 Å². The van der Waals surface area contributed by atoms with Gasteiger partial charge in [-0.15, -0.1) is 11.3 Å². The highest BCUT2D eigenvalue weighted by molar-refractivity contribution is 7.18. The lowest BCUT2D eigenvalue weighted by Gasteiger charge is -2.15. The molecule has 0 radical (unpaired) electrons. The third-order valence-electron chi connectivity index (χ3n) is 3.83. The number of carbonyl (C=O) groups is 2. The van der Waals surface area contributed by atoms with Crippen molar-refractivity contribution in [3.05, 3.63) is 29.3 Å². The normalized spacial score (nSPS) is 15.5. The summed E-state index contributed by atoms with van der Waals surface area (Å²) in [7, 11) is 0. The predicted octanol–water partition coefficient (Wildman–Crippen LogP) is 1.08. The minimum Gasteiger partial charge on any atom is -0.355 e. The maximum absolute atomic E-state index is 12.0. The summed E-state index contributed by atoms with van der Waals surface area (Å²) in [5.41, 5.74) is 1.01. The molecule has 122 valence electrons. The van der Waals surface area contributed by atoms with Crippen molar-refractivity contribution in [2.75, 3.05) is 32.8 Å². The standard InChI is InChI=1S/C16H20N4O2S/c1-2-20-11-19(10-16(20)22)9-14(21)17-8-7-15-18-12-5-3-4-6-13(12)23-15/h3-6H,2,7-11H2,1H3,(H,17,21). The minimum absolute atomic E-state index is 0.0446. The van der Waals surface area contributed by atoms with E-state index >= 15 is 0 Å². The van der Waals surface area contributed by atoms with Gasteiger partial charge in [-0.05, 0) is 19.1 Å². The van der Waals surface area contributed by atoms with Gasteiger partial charge in [-0.25, -0.2) is 4.98 Å². The molecule has 0 aliphatic carbocycles. The van der Waals surface area contributed by atoms with Gasteiger partial charge in [0.25, 0.3) is 0 Å². The van der Waals surface area contributed by atoms with E-state index in [9.17, 15) is 9.59 Å². The molecule has 3 rings (SSSR count). The van der Waals surface area contributed by atoms with Crippen LogP contribution < -0.4 is 5.32 Å². The second kappa shape index (κ2) is 7.06. The number of rotatable bonds is 6. The summed E-state index contributed by atoms with van der Waals surface area (Å²) < 4.78 is 1.17. The zero-order valence-corrected chi connectivity index (χ0v) is 13.9. The summed E-state index contributed by atoms with van der Waals surface area (Å²) in [5.74, 6) is 0.0478. The van der Waals surface area contributed by atoms with Crippen LogP contribution in [0.5, 0.6) is 0 Å². The second-order valence-electron chi connectivity index (χ2n) is 5.55. The van der Waals surface area contributed by atoms with Gasteiger partial charge in [0, 0.05) is 19.5 Å². The predicted molar refractivity (Wildman–Crippen MR) is 90.2 cm³/mol. The lowest BCUT2D eigenvalue weighted by atomic mass is 10.3. The van der Waals surface area contributed by atoms with Gasteiger partial charge >= 0.3 is 0 Å². The van der Waals surface area contributed by atoms with Crippen LogP contribution in [0.15, 0.2) is 24.3 Å². The Kier molecular flexibility index (Phi) is 4.88. The summed E-state index contributed by atoms with van der Waals surface area (Å²) >= 11 is 1.66. The molecule has 2 amide bonds. The first-order valence-corrected chi connectivity index (χ1v) is 8.58. The topological polar surface area (TPSA) is 65.5 Å². The highest BCUT2D eigenvalue weighted by Crippen LogP contribution is 2.21. The van der Waals surface area contributed by atoms with Gasteiger partial charge < -0.3 is 10.2 Å². The van der Waals surface area contributed by atoms with Gasteiger partial charge in [0.1, 0.15) is 0 Å². The third-order valence-corrected chi connectivity index (χ3v) is 4.93. The minimum atomic E-state index is -0.0446. The molecule has 0 atom stereocenters.